The smallest absolute Gasteiger partial charge is 0.292 e. The molecule has 0 aliphatic rings. The summed E-state index contributed by atoms with van der Waals surface area (Å²) in [5.41, 5.74) is 1.31. The van der Waals surface area contributed by atoms with E-state index in [9.17, 15) is 25.5 Å². The summed E-state index contributed by atoms with van der Waals surface area (Å²) < 4.78 is 0. The fraction of sp³-hybridized carbons (Fsp3) is 0. The fourth-order valence-corrected chi connectivity index (χ4v) is 3.15. The number of nitrogens with one attached hydrogen (secondary N) is 1. The number of non-ortho nitro benzene ring substituents is 1. The standard InChI is InChI=1S/C18H11N5O4S/c19-9-13(10-20-15-6-1-2-7-17(15)23(26)27)18-21-16(11-28-18)12-4-3-5-14(8-12)22(24)25/h1-8,10-11,20H/b13-10-. The van der Waals surface area contributed by atoms with E-state index in [1.54, 1.807) is 29.6 Å². The summed E-state index contributed by atoms with van der Waals surface area (Å²) in [6.45, 7) is 0. The molecule has 0 atom stereocenters. The maximum absolute atomic E-state index is 11.1. The van der Waals surface area contributed by atoms with E-state index in [1.165, 1.54) is 41.8 Å². The molecular weight excluding hydrogens is 382 g/mol. The molecule has 0 bridgehead atoms. The number of benzene rings is 2. The van der Waals surface area contributed by atoms with Gasteiger partial charge in [-0.15, -0.1) is 11.3 Å². The summed E-state index contributed by atoms with van der Waals surface area (Å²) in [6, 6.07) is 14.1. The van der Waals surface area contributed by atoms with Crippen LogP contribution in [0.15, 0.2) is 60.1 Å². The van der Waals surface area contributed by atoms with E-state index >= 15 is 0 Å². The Labute approximate surface area is 162 Å². The van der Waals surface area contributed by atoms with Crippen molar-refractivity contribution in [3.63, 3.8) is 0 Å². The lowest BCUT2D eigenvalue weighted by Gasteiger charge is -2.02. The lowest BCUT2D eigenvalue weighted by molar-refractivity contribution is -0.384. The molecule has 0 aliphatic carbocycles. The van der Waals surface area contributed by atoms with Crippen LogP contribution in [0.25, 0.3) is 16.8 Å². The first-order valence-corrected chi connectivity index (χ1v) is 8.68. The van der Waals surface area contributed by atoms with Crippen molar-refractivity contribution in [3.05, 3.63) is 85.3 Å². The molecule has 0 fully saturated rings. The second-order valence-corrected chi connectivity index (χ2v) is 6.29. The van der Waals surface area contributed by atoms with E-state index in [1.807, 2.05) is 6.07 Å². The van der Waals surface area contributed by atoms with Gasteiger partial charge in [-0.3, -0.25) is 20.2 Å². The second-order valence-electron chi connectivity index (χ2n) is 5.43. The van der Waals surface area contributed by atoms with Gasteiger partial charge in [-0.2, -0.15) is 5.26 Å². The number of aromatic nitrogens is 1. The number of rotatable bonds is 6. The first-order chi connectivity index (χ1) is 13.5. The van der Waals surface area contributed by atoms with E-state index in [0.29, 0.717) is 16.3 Å². The Hall–Kier alpha value is -4.10. The van der Waals surface area contributed by atoms with Crippen molar-refractivity contribution in [2.24, 2.45) is 0 Å². The number of nitro groups is 2. The number of anilines is 1. The Balaban J connectivity index is 1.88. The molecule has 2 aromatic carbocycles. The van der Waals surface area contributed by atoms with E-state index < -0.39 is 9.85 Å². The van der Waals surface area contributed by atoms with Crippen molar-refractivity contribution in [1.82, 2.24) is 4.98 Å². The normalized spacial score (nSPS) is 10.9. The number of para-hydroxylation sites is 2. The predicted molar refractivity (Wildman–Crippen MR) is 105 cm³/mol. The van der Waals surface area contributed by atoms with Crippen LogP contribution < -0.4 is 5.32 Å². The maximum atomic E-state index is 11.1. The molecular formula is C18H11N5O4S. The van der Waals surface area contributed by atoms with Gasteiger partial charge in [-0.25, -0.2) is 4.98 Å². The van der Waals surface area contributed by atoms with Crippen molar-refractivity contribution in [3.8, 4) is 17.3 Å². The van der Waals surface area contributed by atoms with Crippen molar-refractivity contribution >= 4 is 34.0 Å². The van der Waals surface area contributed by atoms with Gasteiger partial charge in [0, 0.05) is 35.3 Å². The molecule has 0 saturated heterocycles. The molecule has 0 saturated carbocycles. The topological polar surface area (TPSA) is 135 Å². The van der Waals surface area contributed by atoms with Crippen molar-refractivity contribution < 1.29 is 9.85 Å². The lowest BCUT2D eigenvalue weighted by Crippen LogP contribution is -1.96. The molecule has 0 aliphatic heterocycles. The van der Waals surface area contributed by atoms with Crippen LogP contribution in [-0.2, 0) is 0 Å². The Bertz CT molecular complexity index is 1130. The number of thiazole rings is 1. The zero-order valence-electron chi connectivity index (χ0n) is 14.1. The zero-order chi connectivity index (χ0) is 20.1. The molecule has 0 amide bonds. The van der Waals surface area contributed by atoms with Crippen molar-refractivity contribution in [1.29, 1.82) is 5.26 Å². The molecule has 28 heavy (non-hydrogen) atoms. The molecule has 1 N–H and O–H groups in total. The number of hydrogen-bond donors (Lipinski definition) is 1. The van der Waals surface area contributed by atoms with Crippen LogP contribution in [-0.4, -0.2) is 14.8 Å². The molecule has 0 radical (unpaired) electrons. The maximum Gasteiger partial charge on any atom is 0.292 e. The minimum atomic E-state index is -0.522. The largest absolute Gasteiger partial charge is 0.355 e. The molecule has 0 unspecified atom stereocenters. The Morgan fingerprint density at radius 3 is 2.64 bits per heavy atom. The van der Waals surface area contributed by atoms with Crippen LogP contribution in [0, 0.1) is 31.6 Å². The molecule has 10 heteroatoms. The Morgan fingerprint density at radius 1 is 1.14 bits per heavy atom. The fourth-order valence-electron chi connectivity index (χ4n) is 2.36. The Morgan fingerprint density at radius 2 is 1.93 bits per heavy atom. The highest BCUT2D eigenvalue weighted by molar-refractivity contribution is 7.11. The quantitative estimate of drug-likeness (QED) is 0.367. The first-order valence-electron chi connectivity index (χ1n) is 7.80. The van der Waals surface area contributed by atoms with E-state index in [-0.39, 0.29) is 22.6 Å². The molecule has 3 rings (SSSR count). The summed E-state index contributed by atoms with van der Waals surface area (Å²) in [6.07, 6.45) is 1.35. The summed E-state index contributed by atoms with van der Waals surface area (Å²) in [7, 11) is 0. The van der Waals surface area contributed by atoms with Gasteiger partial charge in [0.15, 0.2) is 0 Å². The Kier molecular flexibility index (Phi) is 5.38. The third-order valence-corrected chi connectivity index (χ3v) is 4.56. The molecule has 0 spiro atoms. The van der Waals surface area contributed by atoms with Crippen LogP contribution in [0.5, 0.6) is 0 Å². The first kappa shape index (κ1) is 18.7. The molecule has 1 aromatic heterocycles. The SMILES string of the molecule is N#C/C(=C/Nc1ccccc1[N+](=O)[O-])c1nc(-c2cccc([N+](=O)[O-])c2)cs1. The van der Waals surface area contributed by atoms with Crippen LogP contribution >= 0.6 is 11.3 Å². The lowest BCUT2D eigenvalue weighted by atomic mass is 10.1. The van der Waals surface area contributed by atoms with Gasteiger partial charge in [0.05, 0.1) is 15.5 Å². The number of allylic oxidation sites excluding steroid dienone is 1. The van der Waals surface area contributed by atoms with Crippen molar-refractivity contribution in [2.75, 3.05) is 5.32 Å². The summed E-state index contributed by atoms with van der Waals surface area (Å²) >= 11 is 1.19. The van der Waals surface area contributed by atoms with Gasteiger partial charge in [-0.05, 0) is 6.07 Å². The van der Waals surface area contributed by atoms with Crippen molar-refractivity contribution in [2.45, 2.75) is 0 Å². The van der Waals surface area contributed by atoms with Gasteiger partial charge < -0.3 is 5.32 Å². The molecule has 138 valence electrons. The summed E-state index contributed by atoms with van der Waals surface area (Å²) in [5.74, 6) is 0. The van der Waals surface area contributed by atoms with Gasteiger partial charge in [0.1, 0.15) is 22.3 Å². The van der Waals surface area contributed by atoms with Crippen LogP contribution in [0.2, 0.25) is 0 Å². The third-order valence-electron chi connectivity index (χ3n) is 3.68. The van der Waals surface area contributed by atoms with E-state index in [2.05, 4.69) is 10.3 Å². The number of nitrogens with zero attached hydrogens (tertiary/aromatic N) is 4. The average molecular weight is 393 g/mol. The number of nitro benzene ring substituents is 2. The highest BCUT2D eigenvalue weighted by Crippen LogP contribution is 2.29. The average Bonchev–Trinajstić information content (AvgIpc) is 3.19. The minimum absolute atomic E-state index is 0.0545. The van der Waals surface area contributed by atoms with Crippen LogP contribution in [0.1, 0.15) is 5.01 Å². The second kappa shape index (κ2) is 8.07. The van der Waals surface area contributed by atoms with Crippen LogP contribution in [0.3, 0.4) is 0 Å². The summed E-state index contributed by atoms with van der Waals surface area (Å²) in [5, 5.41) is 36.2. The number of hydrogen-bond acceptors (Lipinski definition) is 8. The summed E-state index contributed by atoms with van der Waals surface area (Å²) in [4.78, 5) is 25.3. The highest BCUT2D eigenvalue weighted by Gasteiger charge is 2.14. The zero-order valence-corrected chi connectivity index (χ0v) is 14.9. The number of nitriles is 1. The van der Waals surface area contributed by atoms with Gasteiger partial charge in [0.2, 0.25) is 0 Å². The van der Waals surface area contributed by atoms with E-state index in [0.717, 1.165) is 0 Å². The van der Waals surface area contributed by atoms with Gasteiger partial charge >= 0.3 is 0 Å². The predicted octanol–water partition coefficient (Wildman–Crippen LogP) is 4.60. The molecule has 3 aromatic rings. The monoisotopic (exact) mass is 393 g/mol. The van der Waals surface area contributed by atoms with E-state index in [4.69, 9.17) is 0 Å². The highest BCUT2D eigenvalue weighted by atomic mass is 32.1. The van der Waals surface area contributed by atoms with Crippen LogP contribution in [0.4, 0.5) is 17.1 Å². The third kappa shape index (κ3) is 4.00. The molecule has 1 heterocycles. The van der Waals surface area contributed by atoms with Gasteiger partial charge in [-0.1, -0.05) is 24.3 Å². The molecule has 9 nitrogen and oxygen atoms in total. The van der Waals surface area contributed by atoms with Gasteiger partial charge in [0.25, 0.3) is 11.4 Å². The minimum Gasteiger partial charge on any atom is -0.355 e.